The van der Waals surface area contributed by atoms with Crippen molar-refractivity contribution in [3.63, 3.8) is 0 Å². The van der Waals surface area contributed by atoms with Gasteiger partial charge < -0.3 is 23.8 Å². The van der Waals surface area contributed by atoms with E-state index < -0.39 is 0 Å². The lowest BCUT2D eigenvalue weighted by Gasteiger charge is -2.21. The van der Waals surface area contributed by atoms with Gasteiger partial charge in [0, 0.05) is 19.2 Å². The van der Waals surface area contributed by atoms with E-state index in [2.05, 4.69) is 0 Å². The van der Waals surface area contributed by atoms with E-state index >= 15 is 0 Å². The minimum Gasteiger partial charge on any atom is -0.493 e. The van der Waals surface area contributed by atoms with E-state index in [1.165, 1.54) is 0 Å². The molecule has 1 heterocycles. The van der Waals surface area contributed by atoms with Gasteiger partial charge in [-0.05, 0) is 35.9 Å². The number of carbonyl (C=O) groups excluding carboxylic acids is 1. The van der Waals surface area contributed by atoms with Crippen LogP contribution in [-0.2, 0) is 6.54 Å². The van der Waals surface area contributed by atoms with Crippen LogP contribution in [-0.4, -0.2) is 45.3 Å². The Bertz CT molecular complexity index is 774. The molecule has 0 radical (unpaired) electrons. The van der Waals surface area contributed by atoms with Crippen molar-refractivity contribution in [2.45, 2.75) is 6.54 Å². The molecule has 0 aromatic heterocycles. The molecule has 0 aliphatic carbocycles. The van der Waals surface area contributed by atoms with Gasteiger partial charge in [-0.25, -0.2) is 0 Å². The van der Waals surface area contributed by atoms with Crippen molar-refractivity contribution in [2.75, 3.05) is 34.5 Å². The summed E-state index contributed by atoms with van der Waals surface area (Å²) in [5.74, 6) is 2.49. The average molecular weight is 343 g/mol. The Morgan fingerprint density at radius 3 is 2.44 bits per heavy atom. The minimum atomic E-state index is -0.0910. The number of amides is 1. The van der Waals surface area contributed by atoms with Crippen LogP contribution in [0, 0.1) is 0 Å². The third-order valence-electron chi connectivity index (χ3n) is 4.00. The summed E-state index contributed by atoms with van der Waals surface area (Å²) < 4.78 is 21.6. The van der Waals surface area contributed by atoms with Crippen molar-refractivity contribution in [3.05, 3.63) is 47.5 Å². The van der Waals surface area contributed by atoms with Crippen molar-refractivity contribution in [3.8, 4) is 23.0 Å². The second-order valence-corrected chi connectivity index (χ2v) is 5.71. The van der Waals surface area contributed by atoms with Crippen LogP contribution in [0.2, 0.25) is 0 Å². The highest BCUT2D eigenvalue weighted by molar-refractivity contribution is 5.94. The summed E-state index contributed by atoms with van der Waals surface area (Å²) in [6.07, 6.45) is 0. The Morgan fingerprint density at radius 2 is 1.72 bits per heavy atom. The molecule has 0 spiro atoms. The lowest BCUT2D eigenvalue weighted by Crippen LogP contribution is -2.26. The summed E-state index contributed by atoms with van der Waals surface area (Å²) >= 11 is 0. The van der Waals surface area contributed by atoms with Crippen molar-refractivity contribution in [2.24, 2.45) is 0 Å². The van der Waals surface area contributed by atoms with Gasteiger partial charge in [0.05, 0.1) is 14.2 Å². The van der Waals surface area contributed by atoms with Crippen molar-refractivity contribution in [1.82, 2.24) is 4.90 Å². The molecule has 0 bridgehead atoms. The monoisotopic (exact) mass is 343 g/mol. The van der Waals surface area contributed by atoms with E-state index in [1.807, 2.05) is 18.2 Å². The molecule has 0 unspecified atom stereocenters. The summed E-state index contributed by atoms with van der Waals surface area (Å²) in [5.41, 5.74) is 1.51. The van der Waals surface area contributed by atoms with Crippen LogP contribution in [0.3, 0.4) is 0 Å². The molecule has 0 atom stereocenters. The van der Waals surface area contributed by atoms with Crippen LogP contribution in [0.4, 0.5) is 0 Å². The van der Waals surface area contributed by atoms with Gasteiger partial charge in [-0.3, -0.25) is 4.79 Å². The number of methoxy groups -OCH3 is 2. The number of rotatable bonds is 5. The summed E-state index contributed by atoms with van der Waals surface area (Å²) in [6.45, 7) is 1.47. The number of fused-ring (bicyclic) bond motifs is 1. The first kappa shape index (κ1) is 17.0. The molecule has 0 saturated carbocycles. The van der Waals surface area contributed by atoms with E-state index in [1.54, 1.807) is 44.4 Å². The third-order valence-corrected chi connectivity index (χ3v) is 4.00. The first-order chi connectivity index (χ1) is 12.1. The highest BCUT2D eigenvalue weighted by atomic mass is 16.6. The van der Waals surface area contributed by atoms with E-state index in [4.69, 9.17) is 18.9 Å². The highest BCUT2D eigenvalue weighted by Crippen LogP contribution is 2.31. The molecule has 2 aromatic rings. The van der Waals surface area contributed by atoms with Gasteiger partial charge in [0.25, 0.3) is 5.91 Å². The quantitative estimate of drug-likeness (QED) is 0.835. The number of carbonyl (C=O) groups is 1. The molecular formula is C19H21NO5. The smallest absolute Gasteiger partial charge is 0.254 e. The summed E-state index contributed by atoms with van der Waals surface area (Å²) in [6, 6.07) is 10.9. The zero-order valence-electron chi connectivity index (χ0n) is 14.6. The van der Waals surface area contributed by atoms with Gasteiger partial charge in [-0.2, -0.15) is 0 Å². The lowest BCUT2D eigenvalue weighted by atomic mass is 10.1. The van der Waals surface area contributed by atoms with Crippen LogP contribution < -0.4 is 18.9 Å². The third kappa shape index (κ3) is 3.63. The molecule has 6 heteroatoms. The normalized spacial score (nSPS) is 12.4. The molecule has 25 heavy (non-hydrogen) atoms. The maximum atomic E-state index is 12.7. The average Bonchev–Trinajstić information content (AvgIpc) is 2.66. The zero-order chi connectivity index (χ0) is 17.8. The summed E-state index contributed by atoms with van der Waals surface area (Å²) in [4.78, 5) is 14.3. The number of hydrogen-bond acceptors (Lipinski definition) is 5. The number of hydrogen-bond donors (Lipinski definition) is 0. The first-order valence-electron chi connectivity index (χ1n) is 7.98. The second-order valence-electron chi connectivity index (χ2n) is 5.71. The number of nitrogens with zero attached hydrogens (tertiary/aromatic N) is 1. The van der Waals surface area contributed by atoms with Crippen LogP contribution in [0.15, 0.2) is 36.4 Å². The maximum Gasteiger partial charge on any atom is 0.254 e. The molecule has 3 rings (SSSR count). The predicted molar refractivity (Wildman–Crippen MR) is 92.8 cm³/mol. The SMILES string of the molecule is COc1ccc(CN(C)C(=O)c2ccc3c(c2)OCCO3)cc1OC. The Hall–Kier alpha value is -2.89. The van der Waals surface area contributed by atoms with Gasteiger partial charge in [0.2, 0.25) is 0 Å². The van der Waals surface area contributed by atoms with Crippen LogP contribution >= 0.6 is 0 Å². The van der Waals surface area contributed by atoms with Gasteiger partial charge in [0.1, 0.15) is 13.2 Å². The van der Waals surface area contributed by atoms with Gasteiger partial charge in [0.15, 0.2) is 23.0 Å². The molecule has 2 aromatic carbocycles. The minimum absolute atomic E-state index is 0.0910. The maximum absolute atomic E-state index is 12.7. The van der Waals surface area contributed by atoms with E-state index in [0.29, 0.717) is 48.3 Å². The molecule has 0 N–H and O–H groups in total. The molecule has 1 amide bonds. The van der Waals surface area contributed by atoms with Crippen LogP contribution in [0.1, 0.15) is 15.9 Å². The first-order valence-corrected chi connectivity index (χ1v) is 7.98. The van der Waals surface area contributed by atoms with Crippen LogP contribution in [0.5, 0.6) is 23.0 Å². The standard InChI is InChI=1S/C19H21NO5/c1-20(12-13-4-6-15(22-2)17(10-13)23-3)19(21)14-5-7-16-18(11-14)25-9-8-24-16/h4-7,10-11H,8-9,12H2,1-3H3. The summed E-state index contributed by atoms with van der Waals surface area (Å²) in [5, 5.41) is 0. The molecular weight excluding hydrogens is 322 g/mol. The van der Waals surface area contributed by atoms with Gasteiger partial charge in [-0.15, -0.1) is 0 Å². The Morgan fingerprint density at radius 1 is 1.00 bits per heavy atom. The zero-order valence-corrected chi connectivity index (χ0v) is 14.6. The van der Waals surface area contributed by atoms with Crippen molar-refractivity contribution >= 4 is 5.91 Å². The molecule has 1 aliphatic rings. The highest BCUT2D eigenvalue weighted by Gasteiger charge is 2.18. The largest absolute Gasteiger partial charge is 0.493 e. The molecule has 132 valence electrons. The Kier molecular flexibility index (Phi) is 4.97. The molecule has 0 saturated heterocycles. The Labute approximate surface area is 146 Å². The van der Waals surface area contributed by atoms with E-state index in [0.717, 1.165) is 5.56 Å². The fourth-order valence-electron chi connectivity index (χ4n) is 2.72. The predicted octanol–water partition coefficient (Wildman–Crippen LogP) is 2.75. The molecule has 6 nitrogen and oxygen atoms in total. The van der Waals surface area contributed by atoms with Gasteiger partial charge in [-0.1, -0.05) is 6.07 Å². The fourth-order valence-corrected chi connectivity index (χ4v) is 2.72. The topological polar surface area (TPSA) is 57.2 Å². The number of ether oxygens (including phenoxy) is 4. The second kappa shape index (κ2) is 7.34. The van der Waals surface area contributed by atoms with E-state index in [9.17, 15) is 4.79 Å². The van der Waals surface area contributed by atoms with E-state index in [-0.39, 0.29) is 5.91 Å². The Balaban J connectivity index is 1.74. The molecule has 0 fully saturated rings. The van der Waals surface area contributed by atoms with Crippen molar-refractivity contribution in [1.29, 1.82) is 0 Å². The molecule has 1 aliphatic heterocycles. The number of benzene rings is 2. The van der Waals surface area contributed by atoms with Crippen LogP contribution in [0.25, 0.3) is 0 Å². The van der Waals surface area contributed by atoms with Crippen molar-refractivity contribution < 1.29 is 23.7 Å². The fraction of sp³-hybridized carbons (Fsp3) is 0.316. The summed E-state index contributed by atoms with van der Waals surface area (Å²) in [7, 11) is 4.94. The lowest BCUT2D eigenvalue weighted by molar-refractivity contribution is 0.0784. The van der Waals surface area contributed by atoms with Gasteiger partial charge >= 0.3 is 0 Å².